The fourth-order valence-electron chi connectivity index (χ4n) is 1.37. The van der Waals surface area contributed by atoms with Gasteiger partial charge in [-0.25, -0.2) is 0 Å². The van der Waals surface area contributed by atoms with Crippen LogP contribution in [-0.2, 0) is 8.85 Å². The molecule has 0 aliphatic heterocycles. The highest BCUT2D eigenvalue weighted by molar-refractivity contribution is 6.67. The number of unbranched alkanes of at least 4 members (excludes halogenated alkanes) is 1. The summed E-state index contributed by atoms with van der Waals surface area (Å²) in [6.07, 6.45) is 2.46. The first-order chi connectivity index (χ1) is 5.74. The summed E-state index contributed by atoms with van der Waals surface area (Å²) in [6, 6.07) is 2.21. The molecular weight excluding hydrogens is 168 g/mol. The summed E-state index contributed by atoms with van der Waals surface area (Å²) in [5, 5.41) is 0. The lowest BCUT2D eigenvalue weighted by atomic mass is 10.4. The van der Waals surface area contributed by atoms with Gasteiger partial charge in [-0.1, -0.05) is 26.7 Å². The van der Waals surface area contributed by atoms with Crippen molar-refractivity contribution in [3.63, 3.8) is 0 Å². The van der Waals surface area contributed by atoms with Gasteiger partial charge in [0.05, 0.1) is 0 Å². The third kappa shape index (κ3) is 3.69. The van der Waals surface area contributed by atoms with Crippen LogP contribution in [0.4, 0.5) is 0 Å². The van der Waals surface area contributed by atoms with Crippen molar-refractivity contribution in [2.24, 2.45) is 0 Å². The Labute approximate surface area is 77.5 Å². The Kier molecular flexibility index (Phi) is 6.71. The molecule has 0 saturated heterocycles. The summed E-state index contributed by atoms with van der Waals surface area (Å²) < 4.78 is 11.3. The van der Waals surface area contributed by atoms with E-state index >= 15 is 0 Å². The standard InChI is InChI=1S/C9H22O2Si/c1-5-8-9-12(7-3,10-4)11-6-2/h5-9H2,1-4H3. The van der Waals surface area contributed by atoms with Crippen LogP contribution in [0.5, 0.6) is 0 Å². The maximum absolute atomic E-state index is 5.75. The highest BCUT2D eigenvalue weighted by atomic mass is 28.4. The van der Waals surface area contributed by atoms with Crippen molar-refractivity contribution in [2.75, 3.05) is 13.7 Å². The molecule has 0 radical (unpaired) electrons. The molecule has 0 aliphatic carbocycles. The maximum Gasteiger partial charge on any atom is 0.337 e. The van der Waals surface area contributed by atoms with Gasteiger partial charge in [0, 0.05) is 13.7 Å². The Bertz CT molecular complexity index is 103. The van der Waals surface area contributed by atoms with Crippen LogP contribution in [0, 0.1) is 0 Å². The van der Waals surface area contributed by atoms with Gasteiger partial charge in [0.15, 0.2) is 0 Å². The Balaban J connectivity index is 3.95. The quantitative estimate of drug-likeness (QED) is 0.575. The molecule has 0 rings (SSSR count). The average Bonchev–Trinajstić information content (AvgIpc) is 2.13. The van der Waals surface area contributed by atoms with Crippen molar-refractivity contribution < 1.29 is 8.85 Å². The Hall–Kier alpha value is 0.137. The fraction of sp³-hybridized carbons (Fsp3) is 1.00. The number of hydrogen-bond donors (Lipinski definition) is 0. The summed E-state index contributed by atoms with van der Waals surface area (Å²) >= 11 is 0. The molecule has 1 unspecified atom stereocenters. The smallest absolute Gasteiger partial charge is 0.337 e. The minimum Gasteiger partial charge on any atom is -0.398 e. The normalized spacial score (nSPS) is 16.0. The number of hydrogen-bond acceptors (Lipinski definition) is 2. The third-order valence-corrected chi connectivity index (χ3v) is 5.98. The molecule has 0 fully saturated rings. The van der Waals surface area contributed by atoms with E-state index in [9.17, 15) is 0 Å². The van der Waals surface area contributed by atoms with Crippen LogP contribution < -0.4 is 0 Å². The topological polar surface area (TPSA) is 18.5 Å². The van der Waals surface area contributed by atoms with Crippen LogP contribution in [0.15, 0.2) is 0 Å². The van der Waals surface area contributed by atoms with E-state index in [0.29, 0.717) is 0 Å². The first-order valence-corrected chi connectivity index (χ1v) is 7.16. The van der Waals surface area contributed by atoms with E-state index in [1.165, 1.54) is 12.8 Å². The fourth-order valence-corrected chi connectivity index (χ4v) is 4.10. The summed E-state index contributed by atoms with van der Waals surface area (Å²) in [6.45, 7) is 7.21. The molecule has 0 aliphatic rings. The van der Waals surface area contributed by atoms with Crippen molar-refractivity contribution in [1.29, 1.82) is 0 Å². The monoisotopic (exact) mass is 190 g/mol. The van der Waals surface area contributed by atoms with E-state index in [0.717, 1.165) is 18.7 Å². The van der Waals surface area contributed by atoms with Crippen LogP contribution in [0.2, 0.25) is 12.1 Å². The summed E-state index contributed by atoms with van der Waals surface area (Å²) in [5.41, 5.74) is 0. The molecule has 1 atom stereocenters. The molecule has 3 heteroatoms. The van der Waals surface area contributed by atoms with E-state index in [1.807, 2.05) is 6.92 Å². The zero-order chi connectivity index (χ0) is 9.45. The van der Waals surface area contributed by atoms with E-state index in [1.54, 1.807) is 7.11 Å². The highest BCUT2D eigenvalue weighted by Crippen LogP contribution is 2.20. The van der Waals surface area contributed by atoms with E-state index in [2.05, 4.69) is 13.8 Å². The molecule has 2 nitrogen and oxygen atoms in total. The first kappa shape index (κ1) is 12.1. The predicted octanol–water partition coefficient (Wildman–Crippen LogP) is 2.93. The predicted molar refractivity (Wildman–Crippen MR) is 54.6 cm³/mol. The molecular formula is C9H22O2Si. The van der Waals surface area contributed by atoms with Crippen molar-refractivity contribution in [2.45, 2.75) is 45.7 Å². The second kappa shape index (κ2) is 6.63. The first-order valence-electron chi connectivity index (χ1n) is 4.93. The van der Waals surface area contributed by atoms with Crippen LogP contribution in [-0.4, -0.2) is 22.3 Å². The summed E-state index contributed by atoms with van der Waals surface area (Å²) in [5.74, 6) is 0. The van der Waals surface area contributed by atoms with Gasteiger partial charge in [-0.05, 0) is 19.0 Å². The van der Waals surface area contributed by atoms with Crippen LogP contribution in [0.1, 0.15) is 33.6 Å². The van der Waals surface area contributed by atoms with Crippen LogP contribution in [0.25, 0.3) is 0 Å². The summed E-state index contributed by atoms with van der Waals surface area (Å²) in [4.78, 5) is 0. The van der Waals surface area contributed by atoms with Crippen LogP contribution >= 0.6 is 0 Å². The highest BCUT2D eigenvalue weighted by Gasteiger charge is 2.32. The molecule has 0 heterocycles. The Morgan fingerprint density at radius 1 is 1.17 bits per heavy atom. The van der Waals surface area contributed by atoms with Crippen molar-refractivity contribution in [1.82, 2.24) is 0 Å². The van der Waals surface area contributed by atoms with Crippen molar-refractivity contribution in [3.05, 3.63) is 0 Å². The van der Waals surface area contributed by atoms with E-state index in [-0.39, 0.29) is 0 Å². The molecule has 0 N–H and O–H groups in total. The molecule has 0 aromatic heterocycles. The second-order valence-electron chi connectivity index (χ2n) is 3.00. The second-order valence-corrected chi connectivity index (χ2v) is 6.73. The lowest BCUT2D eigenvalue weighted by Gasteiger charge is -2.27. The van der Waals surface area contributed by atoms with Gasteiger partial charge in [0.2, 0.25) is 0 Å². The minimum atomic E-state index is -1.76. The van der Waals surface area contributed by atoms with Gasteiger partial charge in [0.1, 0.15) is 0 Å². The number of rotatable bonds is 7. The minimum absolute atomic E-state index is 0.789. The third-order valence-electron chi connectivity index (χ3n) is 2.23. The summed E-state index contributed by atoms with van der Waals surface area (Å²) in [7, 11) is 0.0283. The molecule has 0 aromatic rings. The molecule has 0 bridgehead atoms. The Morgan fingerprint density at radius 3 is 2.17 bits per heavy atom. The Morgan fingerprint density at radius 2 is 1.83 bits per heavy atom. The van der Waals surface area contributed by atoms with Gasteiger partial charge in [-0.3, -0.25) is 0 Å². The zero-order valence-electron chi connectivity index (χ0n) is 8.85. The maximum atomic E-state index is 5.75. The van der Waals surface area contributed by atoms with Gasteiger partial charge in [0.25, 0.3) is 0 Å². The van der Waals surface area contributed by atoms with Crippen molar-refractivity contribution in [3.8, 4) is 0 Å². The van der Waals surface area contributed by atoms with Gasteiger partial charge in [-0.2, -0.15) is 0 Å². The molecule has 0 spiro atoms. The van der Waals surface area contributed by atoms with Gasteiger partial charge in [-0.15, -0.1) is 0 Å². The lowest BCUT2D eigenvalue weighted by Crippen LogP contribution is -2.40. The largest absolute Gasteiger partial charge is 0.398 e. The average molecular weight is 190 g/mol. The SMILES string of the molecule is CCCC[Si](CC)(OC)OCC. The lowest BCUT2D eigenvalue weighted by molar-refractivity contribution is 0.208. The molecule has 0 aromatic carbocycles. The van der Waals surface area contributed by atoms with E-state index in [4.69, 9.17) is 8.85 Å². The molecule has 0 saturated carbocycles. The molecule has 74 valence electrons. The molecule has 12 heavy (non-hydrogen) atoms. The van der Waals surface area contributed by atoms with Crippen LogP contribution in [0.3, 0.4) is 0 Å². The van der Waals surface area contributed by atoms with Gasteiger partial charge < -0.3 is 8.85 Å². The van der Waals surface area contributed by atoms with Crippen molar-refractivity contribution >= 4 is 8.56 Å². The van der Waals surface area contributed by atoms with E-state index < -0.39 is 8.56 Å². The zero-order valence-corrected chi connectivity index (χ0v) is 9.85. The van der Waals surface area contributed by atoms with Gasteiger partial charge >= 0.3 is 8.56 Å². The molecule has 0 amide bonds.